The summed E-state index contributed by atoms with van der Waals surface area (Å²) in [5.74, 6) is 1.55. The smallest absolute Gasteiger partial charge is 0.254 e. The molecule has 1 aromatic heterocycles. The van der Waals surface area contributed by atoms with Crippen molar-refractivity contribution < 1.29 is 14.3 Å². The number of benzene rings is 1. The largest absolute Gasteiger partial charge is 0.493 e. The second-order valence-corrected chi connectivity index (χ2v) is 5.99. The first kappa shape index (κ1) is 17.2. The number of piperazine rings is 1. The maximum absolute atomic E-state index is 12.5. The van der Waals surface area contributed by atoms with E-state index in [0.717, 1.165) is 44.2 Å². The van der Waals surface area contributed by atoms with Crippen molar-refractivity contribution in [3.05, 3.63) is 53.9 Å². The molecule has 0 spiro atoms. The second kappa shape index (κ2) is 7.98. The summed E-state index contributed by atoms with van der Waals surface area (Å²) in [4.78, 5) is 20.7. The number of ether oxygens (including phenoxy) is 2. The lowest BCUT2D eigenvalue weighted by Gasteiger charge is -2.34. The van der Waals surface area contributed by atoms with Crippen LogP contribution in [0.3, 0.4) is 0 Å². The number of hydrogen-bond donors (Lipinski definition) is 0. The molecule has 2 aromatic rings. The molecular formula is C19H23N3O3. The standard InChI is InChI=1S/C19H23N3O3/c1-24-17-4-3-15(13-18(17)25-2)14-21-9-11-22(12-10-21)19(23)16-5-7-20-8-6-16/h3-8,13H,9-12,14H2,1-2H3. The van der Waals surface area contributed by atoms with Gasteiger partial charge < -0.3 is 14.4 Å². The normalized spacial score (nSPS) is 15.0. The first-order valence-corrected chi connectivity index (χ1v) is 8.34. The fraction of sp³-hybridized carbons (Fsp3) is 0.368. The molecule has 6 heteroatoms. The Morgan fingerprint density at radius 1 is 1.00 bits per heavy atom. The maximum Gasteiger partial charge on any atom is 0.254 e. The third-order valence-electron chi connectivity index (χ3n) is 4.44. The van der Waals surface area contributed by atoms with Crippen LogP contribution in [0.5, 0.6) is 11.5 Å². The summed E-state index contributed by atoms with van der Waals surface area (Å²) < 4.78 is 10.6. The molecule has 1 amide bonds. The summed E-state index contributed by atoms with van der Waals surface area (Å²) in [6.45, 7) is 4.00. The molecule has 1 saturated heterocycles. The molecule has 2 heterocycles. The molecule has 1 aliphatic heterocycles. The minimum absolute atomic E-state index is 0.0770. The van der Waals surface area contributed by atoms with Crippen molar-refractivity contribution in [3.8, 4) is 11.5 Å². The molecule has 6 nitrogen and oxygen atoms in total. The Morgan fingerprint density at radius 2 is 1.68 bits per heavy atom. The molecular weight excluding hydrogens is 318 g/mol. The van der Waals surface area contributed by atoms with Crippen LogP contribution in [0.4, 0.5) is 0 Å². The maximum atomic E-state index is 12.5. The average molecular weight is 341 g/mol. The van der Waals surface area contributed by atoms with Gasteiger partial charge in [0.2, 0.25) is 0 Å². The van der Waals surface area contributed by atoms with E-state index in [1.54, 1.807) is 38.7 Å². The van der Waals surface area contributed by atoms with Gasteiger partial charge in [-0.15, -0.1) is 0 Å². The lowest BCUT2D eigenvalue weighted by atomic mass is 10.1. The molecule has 1 aromatic carbocycles. The number of pyridine rings is 1. The number of aromatic nitrogens is 1. The Balaban J connectivity index is 1.57. The average Bonchev–Trinajstić information content (AvgIpc) is 2.68. The van der Waals surface area contributed by atoms with Gasteiger partial charge in [0.1, 0.15) is 0 Å². The summed E-state index contributed by atoms with van der Waals surface area (Å²) in [5.41, 5.74) is 1.87. The quantitative estimate of drug-likeness (QED) is 0.833. The third-order valence-corrected chi connectivity index (χ3v) is 4.44. The molecule has 1 aliphatic rings. The molecule has 132 valence electrons. The molecule has 25 heavy (non-hydrogen) atoms. The van der Waals surface area contributed by atoms with Gasteiger partial charge in [0.15, 0.2) is 11.5 Å². The van der Waals surface area contributed by atoms with Crippen molar-refractivity contribution >= 4 is 5.91 Å². The van der Waals surface area contributed by atoms with Gasteiger partial charge in [0.05, 0.1) is 14.2 Å². The molecule has 0 atom stereocenters. The predicted octanol–water partition coefficient (Wildman–Crippen LogP) is 2.06. The molecule has 0 bridgehead atoms. The van der Waals surface area contributed by atoms with Crippen LogP contribution in [0.15, 0.2) is 42.7 Å². The Hall–Kier alpha value is -2.60. The number of amides is 1. The van der Waals surface area contributed by atoms with Gasteiger partial charge in [-0.3, -0.25) is 14.7 Å². The number of methoxy groups -OCH3 is 2. The zero-order chi connectivity index (χ0) is 17.6. The van der Waals surface area contributed by atoms with E-state index in [4.69, 9.17) is 9.47 Å². The molecule has 0 unspecified atom stereocenters. The minimum Gasteiger partial charge on any atom is -0.493 e. The third kappa shape index (κ3) is 4.09. The first-order valence-electron chi connectivity index (χ1n) is 8.34. The molecule has 0 N–H and O–H groups in total. The predicted molar refractivity (Wildman–Crippen MR) is 95.0 cm³/mol. The van der Waals surface area contributed by atoms with Crippen LogP contribution in [0.2, 0.25) is 0 Å². The van der Waals surface area contributed by atoms with Gasteiger partial charge >= 0.3 is 0 Å². The number of hydrogen-bond acceptors (Lipinski definition) is 5. The number of carbonyl (C=O) groups is 1. The van der Waals surface area contributed by atoms with Crippen molar-refractivity contribution in [3.63, 3.8) is 0 Å². The molecule has 0 radical (unpaired) electrons. The van der Waals surface area contributed by atoms with E-state index in [-0.39, 0.29) is 5.91 Å². The van der Waals surface area contributed by atoms with Crippen molar-refractivity contribution in [2.75, 3.05) is 40.4 Å². The zero-order valence-corrected chi connectivity index (χ0v) is 14.6. The van der Waals surface area contributed by atoms with Gasteiger partial charge in [-0.05, 0) is 29.8 Å². The van der Waals surface area contributed by atoms with Crippen LogP contribution in [-0.4, -0.2) is 61.1 Å². The Morgan fingerprint density at radius 3 is 2.32 bits per heavy atom. The Kier molecular flexibility index (Phi) is 5.50. The van der Waals surface area contributed by atoms with E-state index in [2.05, 4.69) is 16.0 Å². The molecule has 1 fully saturated rings. The van der Waals surface area contributed by atoms with Crippen LogP contribution in [-0.2, 0) is 6.54 Å². The highest BCUT2D eigenvalue weighted by Gasteiger charge is 2.22. The van der Waals surface area contributed by atoms with E-state index in [1.807, 2.05) is 17.0 Å². The molecule has 0 saturated carbocycles. The van der Waals surface area contributed by atoms with Crippen LogP contribution in [0.25, 0.3) is 0 Å². The fourth-order valence-electron chi connectivity index (χ4n) is 3.02. The van der Waals surface area contributed by atoms with Crippen LogP contribution >= 0.6 is 0 Å². The van der Waals surface area contributed by atoms with E-state index in [0.29, 0.717) is 5.56 Å². The number of rotatable bonds is 5. The van der Waals surface area contributed by atoms with Crippen molar-refractivity contribution in [2.45, 2.75) is 6.54 Å². The van der Waals surface area contributed by atoms with E-state index in [9.17, 15) is 4.79 Å². The summed E-state index contributed by atoms with van der Waals surface area (Å²) in [5, 5.41) is 0. The highest BCUT2D eigenvalue weighted by molar-refractivity contribution is 5.94. The molecule has 3 rings (SSSR count). The lowest BCUT2D eigenvalue weighted by Crippen LogP contribution is -2.48. The van der Waals surface area contributed by atoms with Gasteiger partial charge in [0.25, 0.3) is 5.91 Å². The minimum atomic E-state index is 0.0770. The zero-order valence-electron chi connectivity index (χ0n) is 14.6. The first-order chi connectivity index (χ1) is 12.2. The summed E-state index contributed by atoms with van der Waals surface area (Å²) in [7, 11) is 3.28. The van der Waals surface area contributed by atoms with Gasteiger partial charge in [-0.2, -0.15) is 0 Å². The number of nitrogens with zero attached hydrogens (tertiary/aromatic N) is 3. The summed E-state index contributed by atoms with van der Waals surface area (Å²) in [6.07, 6.45) is 3.31. The van der Waals surface area contributed by atoms with Crippen molar-refractivity contribution in [2.24, 2.45) is 0 Å². The highest BCUT2D eigenvalue weighted by atomic mass is 16.5. The van der Waals surface area contributed by atoms with Crippen LogP contribution < -0.4 is 9.47 Å². The Bertz CT molecular complexity index is 713. The van der Waals surface area contributed by atoms with E-state index >= 15 is 0 Å². The van der Waals surface area contributed by atoms with Gasteiger partial charge in [-0.1, -0.05) is 6.07 Å². The Labute approximate surface area is 148 Å². The topological polar surface area (TPSA) is 54.9 Å². The van der Waals surface area contributed by atoms with Crippen LogP contribution in [0, 0.1) is 0 Å². The van der Waals surface area contributed by atoms with Crippen molar-refractivity contribution in [1.82, 2.24) is 14.8 Å². The van der Waals surface area contributed by atoms with Gasteiger partial charge in [0, 0.05) is 50.7 Å². The fourth-order valence-corrected chi connectivity index (χ4v) is 3.02. The van der Waals surface area contributed by atoms with Crippen LogP contribution in [0.1, 0.15) is 15.9 Å². The molecule has 0 aliphatic carbocycles. The summed E-state index contributed by atoms with van der Waals surface area (Å²) >= 11 is 0. The van der Waals surface area contributed by atoms with E-state index in [1.165, 1.54) is 5.56 Å². The lowest BCUT2D eigenvalue weighted by molar-refractivity contribution is 0.0628. The second-order valence-electron chi connectivity index (χ2n) is 5.99. The SMILES string of the molecule is COc1ccc(CN2CCN(C(=O)c3ccncc3)CC2)cc1OC. The van der Waals surface area contributed by atoms with Gasteiger partial charge in [-0.25, -0.2) is 0 Å². The van der Waals surface area contributed by atoms with E-state index < -0.39 is 0 Å². The monoisotopic (exact) mass is 341 g/mol. The van der Waals surface area contributed by atoms with Crippen molar-refractivity contribution in [1.29, 1.82) is 0 Å². The summed E-state index contributed by atoms with van der Waals surface area (Å²) in [6, 6.07) is 9.51. The number of carbonyl (C=O) groups excluding carboxylic acids is 1. The highest BCUT2D eigenvalue weighted by Crippen LogP contribution is 2.28.